The van der Waals surface area contributed by atoms with Gasteiger partial charge < -0.3 is 10.8 Å². The average Bonchev–Trinajstić information content (AvgIpc) is 2.94. The molecule has 0 aliphatic heterocycles. The van der Waals surface area contributed by atoms with E-state index in [1.54, 1.807) is 24.4 Å². The van der Waals surface area contributed by atoms with Crippen LogP contribution in [-0.2, 0) is 10.3 Å². The van der Waals surface area contributed by atoms with Gasteiger partial charge in [-0.2, -0.15) is 5.10 Å². The van der Waals surface area contributed by atoms with Crippen LogP contribution in [0.15, 0.2) is 36.7 Å². The summed E-state index contributed by atoms with van der Waals surface area (Å²) in [5.74, 6) is -1.78. The number of carboxylic acids is 1. The van der Waals surface area contributed by atoms with Crippen LogP contribution in [0.1, 0.15) is 54.7 Å². The van der Waals surface area contributed by atoms with Gasteiger partial charge in [-0.3, -0.25) is 9.78 Å². The number of hydrogen-bond donors (Lipinski definition) is 2. The minimum Gasteiger partial charge on any atom is -0.476 e. The highest BCUT2D eigenvalue weighted by molar-refractivity contribution is 5.87. The van der Waals surface area contributed by atoms with E-state index in [0.29, 0.717) is 5.69 Å². The van der Waals surface area contributed by atoms with E-state index in [9.17, 15) is 14.7 Å². The predicted molar refractivity (Wildman–Crippen MR) is 90.9 cm³/mol. The molecule has 0 spiro atoms. The molecule has 1 unspecified atom stereocenters. The maximum atomic E-state index is 12.8. The Morgan fingerprint density at radius 1 is 1.16 bits per heavy atom. The van der Waals surface area contributed by atoms with Crippen molar-refractivity contribution in [1.82, 2.24) is 14.8 Å². The van der Waals surface area contributed by atoms with Crippen molar-refractivity contribution >= 4 is 11.9 Å². The summed E-state index contributed by atoms with van der Waals surface area (Å²) in [6.07, 6.45) is 9.02. The summed E-state index contributed by atoms with van der Waals surface area (Å²) >= 11 is 0. The molecule has 1 saturated carbocycles. The fourth-order valence-corrected chi connectivity index (χ4v) is 3.87. The molecule has 0 radical (unpaired) electrons. The third kappa shape index (κ3) is 3.01. The highest BCUT2D eigenvalue weighted by atomic mass is 16.4. The van der Waals surface area contributed by atoms with E-state index in [-0.39, 0.29) is 11.6 Å². The summed E-state index contributed by atoms with van der Waals surface area (Å²) in [7, 11) is 0. The van der Waals surface area contributed by atoms with Crippen molar-refractivity contribution < 1.29 is 14.7 Å². The molecule has 1 fully saturated rings. The Bertz CT molecular complexity index is 751. The first kappa shape index (κ1) is 17.1. The molecular weight excluding hydrogens is 320 g/mol. The Kier molecular flexibility index (Phi) is 4.83. The molecule has 1 atom stereocenters. The Hall–Kier alpha value is -2.70. The van der Waals surface area contributed by atoms with Crippen LogP contribution in [0.5, 0.6) is 0 Å². The maximum absolute atomic E-state index is 12.8. The van der Waals surface area contributed by atoms with E-state index >= 15 is 0 Å². The van der Waals surface area contributed by atoms with Crippen molar-refractivity contribution in [3.63, 3.8) is 0 Å². The lowest BCUT2D eigenvalue weighted by Gasteiger charge is -2.37. The molecule has 2 heterocycles. The second-order valence-corrected chi connectivity index (χ2v) is 6.48. The molecule has 3 rings (SSSR count). The van der Waals surface area contributed by atoms with Crippen LogP contribution >= 0.6 is 0 Å². The van der Waals surface area contributed by atoms with Crippen LogP contribution in [0.2, 0.25) is 0 Å². The van der Waals surface area contributed by atoms with Crippen LogP contribution in [0.25, 0.3) is 0 Å². The Labute approximate surface area is 145 Å². The van der Waals surface area contributed by atoms with Crippen molar-refractivity contribution in [2.45, 2.75) is 44.1 Å². The minimum atomic E-state index is -1.28. The molecule has 0 saturated heterocycles. The lowest BCUT2D eigenvalue weighted by atomic mass is 9.75. The van der Waals surface area contributed by atoms with Crippen LogP contribution < -0.4 is 5.73 Å². The van der Waals surface area contributed by atoms with E-state index in [2.05, 4.69) is 10.1 Å². The lowest BCUT2D eigenvalue weighted by molar-refractivity contribution is -0.128. The molecule has 3 N–H and O–H groups in total. The molecule has 2 aromatic rings. The molecular formula is C18H22N4O3. The highest BCUT2D eigenvalue weighted by Crippen LogP contribution is 2.40. The van der Waals surface area contributed by atoms with E-state index in [0.717, 1.165) is 38.5 Å². The number of hydrogen-bond acceptors (Lipinski definition) is 4. The first-order valence-electron chi connectivity index (χ1n) is 8.57. The molecule has 2 aromatic heterocycles. The normalized spacial score (nSPS) is 18.2. The van der Waals surface area contributed by atoms with Crippen molar-refractivity contribution in [3.8, 4) is 0 Å². The SMILES string of the molecule is NC(=O)C(c1ccccn1)(C1CCCCCC1)n1ccc(C(=O)O)n1. The van der Waals surface area contributed by atoms with Gasteiger partial charge in [0.15, 0.2) is 11.2 Å². The number of carboxylic acid groups (broad SMARTS) is 1. The summed E-state index contributed by atoms with van der Waals surface area (Å²) in [5, 5.41) is 13.4. The zero-order chi connectivity index (χ0) is 17.9. The van der Waals surface area contributed by atoms with Crippen molar-refractivity contribution in [3.05, 3.63) is 48.0 Å². The second-order valence-electron chi connectivity index (χ2n) is 6.48. The van der Waals surface area contributed by atoms with Gasteiger partial charge in [0.25, 0.3) is 5.91 Å². The Morgan fingerprint density at radius 3 is 2.40 bits per heavy atom. The average molecular weight is 342 g/mol. The maximum Gasteiger partial charge on any atom is 0.356 e. The van der Waals surface area contributed by atoms with E-state index in [4.69, 9.17) is 5.73 Å². The van der Waals surface area contributed by atoms with Crippen molar-refractivity contribution in [2.24, 2.45) is 11.7 Å². The zero-order valence-corrected chi connectivity index (χ0v) is 14.0. The van der Waals surface area contributed by atoms with E-state index < -0.39 is 17.4 Å². The van der Waals surface area contributed by atoms with Gasteiger partial charge in [-0.25, -0.2) is 9.48 Å². The van der Waals surface area contributed by atoms with E-state index in [1.807, 2.05) is 0 Å². The van der Waals surface area contributed by atoms with Crippen molar-refractivity contribution in [1.29, 1.82) is 0 Å². The summed E-state index contributed by atoms with van der Waals surface area (Å²) in [5.41, 5.74) is 5.03. The Balaban J connectivity index is 2.20. The van der Waals surface area contributed by atoms with Gasteiger partial charge >= 0.3 is 5.97 Å². The quantitative estimate of drug-likeness (QED) is 0.809. The third-order valence-electron chi connectivity index (χ3n) is 5.05. The standard InChI is InChI=1S/C18H22N4O3/c19-17(25)18(15-9-5-6-11-20-15,13-7-3-1-2-4-8-13)22-12-10-14(21-22)16(23)24/h5-6,9-13H,1-4,7-8H2,(H2,19,25)(H,23,24). The molecule has 1 amide bonds. The molecule has 0 bridgehead atoms. The molecule has 1 aliphatic carbocycles. The highest BCUT2D eigenvalue weighted by Gasteiger charge is 2.49. The minimum absolute atomic E-state index is 0.0797. The number of primary amides is 1. The number of nitrogens with two attached hydrogens (primary N) is 1. The number of pyridine rings is 1. The number of carbonyl (C=O) groups excluding carboxylic acids is 1. The lowest BCUT2D eigenvalue weighted by Crippen LogP contribution is -2.53. The topological polar surface area (TPSA) is 111 Å². The van der Waals surface area contributed by atoms with Crippen LogP contribution in [-0.4, -0.2) is 31.7 Å². The van der Waals surface area contributed by atoms with Gasteiger partial charge in [0.1, 0.15) is 0 Å². The van der Waals surface area contributed by atoms with E-state index in [1.165, 1.54) is 16.9 Å². The first-order valence-corrected chi connectivity index (χ1v) is 8.57. The van der Waals surface area contributed by atoms with Gasteiger partial charge in [-0.15, -0.1) is 0 Å². The van der Waals surface area contributed by atoms with Crippen LogP contribution in [0.4, 0.5) is 0 Å². The number of aromatic nitrogens is 3. The third-order valence-corrected chi connectivity index (χ3v) is 5.05. The summed E-state index contributed by atoms with van der Waals surface area (Å²) < 4.78 is 1.41. The van der Waals surface area contributed by atoms with Crippen LogP contribution in [0, 0.1) is 5.92 Å². The smallest absolute Gasteiger partial charge is 0.356 e. The molecule has 132 valence electrons. The molecule has 25 heavy (non-hydrogen) atoms. The second kappa shape index (κ2) is 7.04. The fourth-order valence-electron chi connectivity index (χ4n) is 3.87. The monoisotopic (exact) mass is 342 g/mol. The number of carbonyl (C=O) groups is 2. The molecule has 0 aromatic carbocycles. The first-order chi connectivity index (χ1) is 12.1. The Morgan fingerprint density at radius 2 is 1.88 bits per heavy atom. The number of aromatic carboxylic acids is 1. The van der Waals surface area contributed by atoms with Gasteiger partial charge in [0.05, 0.1) is 5.69 Å². The molecule has 1 aliphatic rings. The number of nitrogens with zero attached hydrogens (tertiary/aromatic N) is 3. The van der Waals surface area contributed by atoms with Gasteiger partial charge in [0.2, 0.25) is 0 Å². The van der Waals surface area contributed by atoms with Crippen LogP contribution in [0.3, 0.4) is 0 Å². The molecule has 7 nitrogen and oxygen atoms in total. The summed E-state index contributed by atoms with van der Waals surface area (Å²) in [6, 6.07) is 6.73. The molecule has 7 heteroatoms. The summed E-state index contributed by atoms with van der Waals surface area (Å²) in [6.45, 7) is 0. The van der Waals surface area contributed by atoms with Gasteiger partial charge in [-0.1, -0.05) is 31.7 Å². The number of rotatable bonds is 5. The largest absolute Gasteiger partial charge is 0.476 e. The van der Waals surface area contributed by atoms with Gasteiger partial charge in [0, 0.05) is 12.4 Å². The van der Waals surface area contributed by atoms with Crippen molar-refractivity contribution in [2.75, 3.05) is 0 Å². The fraction of sp³-hybridized carbons (Fsp3) is 0.444. The predicted octanol–water partition coefficient (Wildman–Crippen LogP) is 2.18. The van der Waals surface area contributed by atoms with Gasteiger partial charge in [-0.05, 0) is 37.0 Å². The number of amides is 1. The zero-order valence-electron chi connectivity index (χ0n) is 14.0. The summed E-state index contributed by atoms with van der Waals surface area (Å²) in [4.78, 5) is 28.5.